The number of ether oxygens (including phenoxy) is 2. The van der Waals surface area contributed by atoms with Crippen molar-refractivity contribution in [1.29, 1.82) is 0 Å². The lowest BCUT2D eigenvalue weighted by Crippen LogP contribution is -2.59. The van der Waals surface area contributed by atoms with Gasteiger partial charge in [-0.3, -0.25) is 0 Å². The highest BCUT2D eigenvalue weighted by atomic mass is 32.1. The SMILES string of the molecule is COC(=S)NC1C2CCCC1CN(C(=O)OC(C)(C)C)C2. The first kappa shape index (κ1) is 16.3. The zero-order chi connectivity index (χ0) is 15.6. The number of rotatable bonds is 1. The summed E-state index contributed by atoms with van der Waals surface area (Å²) < 4.78 is 10.6. The molecule has 2 bridgehead atoms. The number of nitrogens with one attached hydrogen (secondary N) is 1. The lowest BCUT2D eigenvalue weighted by molar-refractivity contribution is -0.00430. The van der Waals surface area contributed by atoms with E-state index >= 15 is 0 Å². The molecule has 0 spiro atoms. The highest BCUT2D eigenvalue weighted by Crippen LogP contribution is 2.35. The number of likely N-dealkylation sites (tertiary alicyclic amines) is 1. The predicted octanol–water partition coefficient (Wildman–Crippen LogP) is 2.54. The fourth-order valence-corrected chi connectivity index (χ4v) is 3.48. The summed E-state index contributed by atoms with van der Waals surface area (Å²) >= 11 is 5.13. The number of nitrogens with zero attached hydrogens (tertiary/aromatic N) is 1. The molecule has 1 saturated heterocycles. The minimum Gasteiger partial charge on any atom is -0.474 e. The number of hydrogen-bond acceptors (Lipinski definition) is 4. The number of carbonyl (C=O) groups excluding carboxylic acids is 1. The minimum atomic E-state index is -0.446. The molecule has 5 nitrogen and oxygen atoms in total. The van der Waals surface area contributed by atoms with Crippen molar-refractivity contribution in [2.24, 2.45) is 11.8 Å². The highest BCUT2D eigenvalue weighted by molar-refractivity contribution is 7.80. The highest BCUT2D eigenvalue weighted by Gasteiger charge is 2.42. The molecule has 2 fully saturated rings. The van der Waals surface area contributed by atoms with E-state index in [1.807, 2.05) is 25.7 Å². The van der Waals surface area contributed by atoms with Crippen molar-refractivity contribution >= 4 is 23.5 Å². The second-order valence-electron chi connectivity index (χ2n) is 7.00. The van der Waals surface area contributed by atoms with Crippen molar-refractivity contribution in [3.05, 3.63) is 0 Å². The van der Waals surface area contributed by atoms with Gasteiger partial charge < -0.3 is 19.7 Å². The normalized spacial score (nSPS) is 28.8. The van der Waals surface area contributed by atoms with Gasteiger partial charge in [0, 0.05) is 19.1 Å². The van der Waals surface area contributed by atoms with E-state index in [1.165, 1.54) is 6.42 Å². The molecule has 6 heteroatoms. The van der Waals surface area contributed by atoms with Gasteiger partial charge in [0.05, 0.1) is 7.11 Å². The molecule has 21 heavy (non-hydrogen) atoms. The molecule has 0 radical (unpaired) electrons. The van der Waals surface area contributed by atoms with Gasteiger partial charge in [-0.2, -0.15) is 0 Å². The smallest absolute Gasteiger partial charge is 0.410 e. The molecular weight excluding hydrogens is 288 g/mol. The summed E-state index contributed by atoms with van der Waals surface area (Å²) in [5.74, 6) is 0.830. The minimum absolute atomic E-state index is 0.202. The zero-order valence-corrected chi connectivity index (χ0v) is 14.2. The van der Waals surface area contributed by atoms with Crippen LogP contribution in [-0.4, -0.2) is 48.0 Å². The van der Waals surface area contributed by atoms with Gasteiger partial charge in [-0.15, -0.1) is 0 Å². The van der Waals surface area contributed by atoms with Crippen LogP contribution in [0.15, 0.2) is 0 Å². The Labute approximate surface area is 132 Å². The Morgan fingerprint density at radius 1 is 1.24 bits per heavy atom. The maximum absolute atomic E-state index is 12.3. The Hall–Kier alpha value is -1.04. The molecule has 1 heterocycles. The van der Waals surface area contributed by atoms with Gasteiger partial charge in [-0.25, -0.2) is 4.79 Å². The van der Waals surface area contributed by atoms with E-state index in [0.717, 1.165) is 25.9 Å². The molecule has 1 N–H and O–H groups in total. The second kappa shape index (κ2) is 6.38. The average Bonchev–Trinajstić information content (AvgIpc) is 2.35. The van der Waals surface area contributed by atoms with E-state index in [9.17, 15) is 4.79 Å². The number of amides is 1. The Morgan fingerprint density at radius 2 is 1.81 bits per heavy atom. The number of thiocarbonyl (C=S) groups is 1. The fourth-order valence-electron chi connectivity index (χ4n) is 3.34. The third kappa shape index (κ3) is 4.22. The molecule has 2 rings (SSSR count). The van der Waals surface area contributed by atoms with Crippen molar-refractivity contribution in [2.45, 2.75) is 51.7 Å². The molecule has 2 unspecified atom stereocenters. The van der Waals surface area contributed by atoms with Crippen LogP contribution in [0, 0.1) is 11.8 Å². The van der Waals surface area contributed by atoms with Gasteiger partial charge in [0.25, 0.3) is 5.17 Å². The lowest BCUT2D eigenvalue weighted by Gasteiger charge is -2.47. The van der Waals surface area contributed by atoms with Crippen molar-refractivity contribution < 1.29 is 14.3 Å². The van der Waals surface area contributed by atoms with Gasteiger partial charge in [-0.1, -0.05) is 6.42 Å². The maximum atomic E-state index is 12.3. The lowest BCUT2D eigenvalue weighted by atomic mass is 9.73. The molecule has 1 aliphatic carbocycles. The summed E-state index contributed by atoms with van der Waals surface area (Å²) in [4.78, 5) is 14.1. The Balaban J connectivity index is 2.00. The molecule has 1 aliphatic heterocycles. The van der Waals surface area contributed by atoms with Crippen LogP contribution in [0.2, 0.25) is 0 Å². The van der Waals surface area contributed by atoms with Crippen LogP contribution in [-0.2, 0) is 9.47 Å². The van der Waals surface area contributed by atoms with Crippen LogP contribution in [0.4, 0.5) is 4.79 Å². The molecular formula is C15H26N2O3S. The van der Waals surface area contributed by atoms with Crippen molar-refractivity contribution in [3.8, 4) is 0 Å². The van der Waals surface area contributed by atoms with Gasteiger partial charge in [0.2, 0.25) is 0 Å². The third-order valence-corrected chi connectivity index (χ3v) is 4.48. The van der Waals surface area contributed by atoms with Gasteiger partial charge in [-0.05, 0) is 57.7 Å². The van der Waals surface area contributed by atoms with Crippen LogP contribution in [0.25, 0.3) is 0 Å². The summed E-state index contributed by atoms with van der Waals surface area (Å²) in [6.45, 7) is 7.16. The van der Waals surface area contributed by atoms with E-state index in [2.05, 4.69) is 5.32 Å². The summed E-state index contributed by atoms with van der Waals surface area (Å²) in [6.07, 6.45) is 3.24. The Kier molecular flexibility index (Phi) is 4.96. The van der Waals surface area contributed by atoms with Crippen LogP contribution >= 0.6 is 12.2 Å². The fraction of sp³-hybridized carbons (Fsp3) is 0.867. The van der Waals surface area contributed by atoms with Crippen LogP contribution < -0.4 is 5.32 Å². The van der Waals surface area contributed by atoms with E-state index in [4.69, 9.17) is 21.7 Å². The summed E-state index contributed by atoms with van der Waals surface area (Å²) in [7, 11) is 1.58. The van der Waals surface area contributed by atoms with Gasteiger partial charge in [0.1, 0.15) is 5.60 Å². The molecule has 0 aromatic heterocycles. The van der Waals surface area contributed by atoms with Crippen LogP contribution in [0.1, 0.15) is 40.0 Å². The summed E-state index contributed by atoms with van der Waals surface area (Å²) in [6, 6.07) is 0.310. The first-order valence-electron chi connectivity index (χ1n) is 7.62. The van der Waals surface area contributed by atoms with Gasteiger partial charge in [0.15, 0.2) is 0 Å². The molecule has 120 valence electrons. The predicted molar refractivity (Wildman–Crippen MR) is 85.2 cm³/mol. The molecule has 2 atom stereocenters. The molecule has 0 aromatic carbocycles. The van der Waals surface area contributed by atoms with Gasteiger partial charge >= 0.3 is 6.09 Å². The second-order valence-corrected chi connectivity index (χ2v) is 7.37. The number of carbonyl (C=O) groups is 1. The Bertz CT molecular complexity index is 394. The average molecular weight is 314 g/mol. The molecule has 0 aromatic rings. The first-order valence-corrected chi connectivity index (χ1v) is 8.03. The number of methoxy groups -OCH3 is 1. The van der Waals surface area contributed by atoms with E-state index in [0.29, 0.717) is 23.1 Å². The molecule has 1 saturated carbocycles. The number of piperidine rings is 1. The van der Waals surface area contributed by atoms with Crippen LogP contribution in [0.3, 0.4) is 0 Å². The number of hydrogen-bond donors (Lipinski definition) is 1. The quantitative estimate of drug-likeness (QED) is 0.754. The number of fused-ring (bicyclic) bond motifs is 2. The third-order valence-electron chi connectivity index (χ3n) is 4.20. The van der Waals surface area contributed by atoms with Crippen LogP contribution in [0.5, 0.6) is 0 Å². The molecule has 1 amide bonds. The molecule has 2 aliphatic rings. The summed E-state index contributed by atoms with van der Waals surface area (Å²) in [5, 5.41) is 3.76. The van der Waals surface area contributed by atoms with E-state index in [1.54, 1.807) is 7.11 Å². The topological polar surface area (TPSA) is 50.8 Å². The van der Waals surface area contributed by atoms with Crippen molar-refractivity contribution in [2.75, 3.05) is 20.2 Å². The van der Waals surface area contributed by atoms with Crippen molar-refractivity contribution in [3.63, 3.8) is 0 Å². The van der Waals surface area contributed by atoms with E-state index in [-0.39, 0.29) is 6.09 Å². The first-order chi connectivity index (χ1) is 9.80. The standard InChI is InChI=1S/C15H26N2O3S/c1-15(2,3)20-14(18)17-8-10-6-5-7-11(9-17)12(10)16-13(21)19-4/h10-12H,5-9H2,1-4H3,(H,16,21). The summed E-state index contributed by atoms with van der Waals surface area (Å²) in [5.41, 5.74) is -0.446. The maximum Gasteiger partial charge on any atom is 0.410 e. The largest absolute Gasteiger partial charge is 0.474 e. The Morgan fingerprint density at radius 3 is 2.29 bits per heavy atom. The monoisotopic (exact) mass is 314 g/mol. The van der Waals surface area contributed by atoms with E-state index < -0.39 is 5.60 Å². The van der Waals surface area contributed by atoms with Crippen molar-refractivity contribution in [1.82, 2.24) is 10.2 Å². The zero-order valence-electron chi connectivity index (χ0n) is 13.3.